The van der Waals surface area contributed by atoms with Crippen molar-refractivity contribution in [3.63, 3.8) is 0 Å². The van der Waals surface area contributed by atoms with E-state index in [1.54, 1.807) is 18.3 Å². The van der Waals surface area contributed by atoms with Gasteiger partial charge in [0.1, 0.15) is 5.75 Å². The maximum atomic E-state index is 11.6. The molecular weight excluding hydrogens is 400 g/mol. The van der Waals surface area contributed by atoms with E-state index in [1.165, 1.54) is 0 Å². The highest BCUT2D eigenvalue weighted by molar-refractivity contribution is 9.10. The first-order valence-electron chi connectivity index (χ1n) is 6.09. The molecule has 0 fully saturated rings. The molecule has 0 saturated heterocycles. The van der Waals surface area contributed by atoms with Crippen molar-refractivity contribution in [1.29, 1.82) is 0 Å². The molecule has 0 aromatic heterocycles. The van der Waals surface area contributed by atoms with Gasteiger partial charge in [-0.2, -0.15) is 5.10 Å². The molecule has 0 radical (unpaired) electrons. The molecule has 0 heterocycles. The highest BCUT2D eigenvalue weighted by Crippen LogP contribution is 2.17. The van der Waals surface area contributed by atoms with Crippen molar-refractivity contribution < 1.29 is 9.53 Å². The summed E-state index contributed by atoms with van der Waals surface area (Å²) in [5, 5.41) is 3.88. The van der Waals surface area contributed by atoms with Gasteiger partial charge in [0.15, 0.2) is 6.61 Å². The summed E-state index contributed by atoms with van der Waals surface area (Å²) in [5.74, 6) is 0.303. The average Bonchev–Trinajstić information content (AvgIpc) is 2.45. The Hall–Kier alpha value is -1.66. The van der Waals surface area contributed by atoms with Crippen LogP contribution < -0.4 is 10.2 Å². The van der Waals surface area contributed by atoms with E-state index in [0.717, 1.165) is 14.5 Å². The second-order valence-corrected chi connectivity index (χ2v) is 5.93. The third-order valence-corrected chi connectivity index (χ3v) is 3.40. The van der Waals surface area contributed by atoms with Crippen LogP contribution >= 0.6 is 31.9 Å². The number of hydrogen-bond donors (Lipinski definition) is 1. The van der Waals surface area contributed by atoms with Crippen LogP contribution in [0.3, 0.4) is 0 Å². The monoisotopic (exact) mass is 410 g/mol. The predicted octanol–water partition coefficient (Wildman–Crippen LogP) is 3.74. The van der Waals surface area contributed by atoms with E-state index >= 15 is 0 Å². The number of amides is 1. The Balaban J connectivity index is 1.80. The Morgan fingerprint density at radius 2 is 1.86 bits per heavy atom. The van der Waals surface area contributed by atoms with E-state index in [9.17, 15) is 4.79 Å². The molecule has 0 bridgehead atoms. The second kappa shape index (κ2) is 7.95. The van der Waals surface area contributed by atoms with Gasteiger partial charge in [0.05, 0.1) is 6.21 Å². The van der Waals surface area contributed by atoms with Gasteiger partial charge in [0.25, 0.3) is 5.91 Å². The predicted molar refractivity (Wildman–Crippen MR) is 89.5 cm³/mol. The lowest BCUT2D eigenvalue weighted by molar-refractivity contribution is -0.123. The van der Waals surface area contributed by atoms with Crippen LogP contribution in [0, 0.1) is 0 Å². The third kappa shape index (κ3) is 5.69. The summed E-state index contributed by atoms with van der Waals surface area (Å²) in [6.07, 6.45) is 1.57. The molecule has 0 aliphatic carbocycles. The van der Waals surface area contributed by atoms with Gasteiger partial charge in [-0.15, -0.1) is 0 Å². The van der Waals surface area contributed by atoms with Gasteiger partial charge in [-0.25, -0.2) is 5.43 Å². The van der Waals surface area contributed by atoms with Gasteiger partial charge >= 0.3 is 0 Å². The largest absolute Gasteiger partial charge is 0.484 e. The van der Waals surface area contributed by atoms with Crippen molar-refractivity contribution in [2.24, 2.45) is 5.10 Å². The van der Waals surface area contributed by atoms with Crippen LogP contribution in [0.4, 0.5) is 0 Å². The summed E-state index contributed by atoms with van der Waals surface area (Å²) < 4.78 is 7.20. The summed E-state index contributed by atoms with van der Waals surface area (Å²) in [7, 11) is 0. The topological polar surface area (TPSA) is 50.7 Å². The number of ether oxygens (including phenoxy) is 1. The standard InChI is InChI=1S/C15H12Br2N2O2/c16-12-4-1-3-11(7-12)9-18-19-15(20)10-21-14-6-2-5-13(17)8-14/h1-9H,10H2,(H,19,20). The van der Waals surface area contributed by atoms with Crippen LogP contribution in [-0.2, 0) is 4.79 Å². The van der Waals surface area contributed by atoms with Crippen molar-refractivity contribution >= 4 is 44.0 Å². The minimum atomic E-state index is -0.318. The summed E-state index contributed by atoms with van der Waals surface area (Å²) in [6, 6.07) is 14.9. The fourth-order valence-corrected chi connectivity index (χ4v) is 2.30. The Morgan fingerprint density at radius 1 is 1.14 bits per heavy atom. The smallest absolute Gasteiger partial charge is 0.277 e. The lowest BCUT2D eigenvalue weighted by Crippen LogP contribution is -2.24. The highest BCUT2D eigenvalue weighted by Gasteiger charge is 2.01. The SMILES string of the molecule is O=C(COc1cccc(Br)c1)NN=Cc1cccc(Br)c1. The van der Waals surface area contributed by atoms with Crippen molar-refractivity contribution in [3.8, 4) is 5.75 Å². The Morgan fingerprint density at radius 3 is 2.57 bits per heavy atom. The number of halogens is 2. The molecule has 0 unspecified atom stereocenters. The summed E-state index contributed by atoms with van der Waals surface area (Å²) in [4.78, 5) is 11.6. The van der Waals surface area contributed by atoms with Gasteiger partial charge < -0.3 is 4.74 Å². The average molecular weight is 412 g/mol. The maximum Gasteiger partial charge on any atom is 0.277 e. The van der Waals surface area contributed by atoms with E-state index in [2.05, 4.69) is 42.4 Å². The van der Waals surface area contributed by atoms with Crippen molar-refractivity contribution in [2.75, 3.05) is 6.61 Å². The number of hydrazone groups is 1. The van der Waals surface area contributed by atoms with Crippen LogP contribution in [0.25, 0.3) is 0 Å². The van der Waals surface area contributed by atoms with Crippen molar-refractivity contribution in [1.82, 2.24) is 5.43 Å². The molecule has 1 amide bonds. The molecule has 0 aliphatic heterocycles. The van der Waals surface area contributed by atoms with Crippen LogP contribution in [0.15, 0.2) is 62.6 Å². The van der Waals surface area contributed by atoms with E-state index in [1.807, 2.05) is 36.4 Å². The molecule has 6 heteroatoms. The molecule has 108 valence electrons. The molecule has 4 nitrogen and oxygen atoms in total. The molecule has 2 aromatic carbocycles. The fourth-order valence-electron chi connectivity index (χ4n) is 1.50. The van der Waals surface area contributed by atoms with Crippen LogP contribution in [0.5, 0.6) is 5.75 Å². The zero-order chi connectivity index (χ0) is 15.1. The molecule has 21 heavy (non-hydrogen) atoms. The van der Waals surface area contributed by atoms with Gasteiger partial charge in [0.2, 0.25) is 0 Å². The normalized spacial score (nSPS) is 10.6. The molecule has 0 aliphatic rings. The number of hydrogen-bond acceptors (Lipinski definition) is 3. The maximum absolute atomic E-state index is 11.6. The first-order chi connectivity index (χ1) is 10.1. The van der Waals surface area contributed by atoms with E-state index in [4.69, 9.17) is 4.74 Å². The Kier molecular flexibility index (Phi) is 5.95. The Bertz CT molecular complexity index is 660. The van der Waals surface area contributed by atoms with Gasteiger partial charge in [0, 0.05) is 8.95 Å². The second-order valence-electron chi connectivity index (χ2n) is 4.09. The first kappa shape index (κ1) is 15.7. The van der Waals surface area contributed by atoms with Crippen LogP contribution in [-0.4, -0.2) is 18.7 Å². The molecule has 2 rings (SSSR count). The quantitative estimate of drug-likeness (QED) is 0.601. The molecule has 1 N–H and O–H groups in total. The van der Waals surface area contributed by atoms with Gasteiger partial charge in [-0.1, -0.05) is 50.1 Å². The highest BCUT2D eigenvalue weighted by atomic mass is 79.9. The lowest BCUT2D eigenvalue weighted by Gasteiger charge is -2.05. The minimum Gasteiger partial charge on any atom is -0.484 e. The minimum absolute atomic E-state index is 0.0910. The summed E-state index contributed by atoms with van der Waals surface area (Å²) in [5.41, 5.74) is 3.30. The molecule has 2 aromatic rings. The van der Waals surface area contributed by atoms with E-state index < -0.39 is 0 Å². The summed E-state index contributed by atoms with van der Waals surface area (Å²) in [6.45, 7) is -0.0910. The first-order valence-corrected chi connectivity index (χ1v) is 7.68. The molecular formula is C15H12Br2N2O2. The fraction of sp³-hybridized carbons (Fsp3) is 0.0667. The van der Waals surface area contributed by atoms with Crippen LogP contribution in [0.1, 0.15) is 5.56 Å². The zero-order valence-electron chi connectivity index (χ0n) is 10.9. The molecule has 0 spiro atoms. The number of nitrogens with zero attached hydrogens (tertiary/aromatic N) is 1. The van der Waals surface area contributed by atoms with Gasteiger partial charge in [-0.05, 0) is 35.9 Å². The van der Waals surface area contributed by atoms with Crippen LogP contribution in [0.2, 0.25) is 0 Å². The van der Waals surface area contributed by atoms with Crippen molar-refractivity contribution in [3.05, 3.63) is 63.0 Å². The van der Waals surface area contributed by atoms with Crippen molar-refractivity contribution in [2.45, 2.75) is 0 Å². The lowest BCUT2D eigenvalue weighted by atomic mass is 10.2. The number of carbonyl (C=O) groups excluding carboxylic acids is 1. The van der Waals surface area contributed by atoms with E-state index in [0.29, 0.717) is 5.75 Å². The zero-order valence-corrected chi connectivity index (χ0v) is 14.1. The number of nitrogens with one attached hydrogen (secondary N) is 1. The third-order valence-electron chi connectivity index (χ3n) is 2.42. The number of carbonyl (C=O) groups is 1. The van der Waals surface area contributed by atoms with E-state index in [-0.39, 0.29) is 12.5 Å². The molecule has 0 atom stereocenters. The molecule has 0 saturated carbocycles. The Labute approximate surface area is 139 Å². The number of rotatable bonds is 5. The van der Waals surface area contributed by atoms with Gasteiger partial charge in [-0.3, -0.25) is 4.79 Å². The number of benzene rings is 2. The summed E-state index contributed by atoms with van der Waals surface area (Å²) >= 11 is 6.70.